The van der Waals surface area contributed by atoms with Crippen LogP contribution in [-0.4, -0.2) is 38.3 Å². The van der Waals surface area contributed by atoms with Crippen molar-refractivity contribution in [1.29, 1.82) is 0 Å². The molecule has 100 valence electrons. The van der Waals surface area contributed by atoms with Crippen LogP contribution in [0.4, 0.5) is 0 Å². The molecule has 2 rings (SSSR count). The normalized spacial score (nSPS) is 22.3. The first-order valence-electron chi connectivity index (χ1n) is 5.82. The monoisotopic (exact) mass is 262 g/mol. The molecule has 7 heteroatoms. The minimum absolute atomic E-state index is 0.0186. The average Bonchev–Trinajstić information content (AvgIpc) is 2.67. The molecule has 0 radical (unpaired) electrons. The first-order chi connectivity index (χ1) is 8.86. The first kappa shape index (κ1) is 13.1. The van der Waals surface area contributed by atoms with E-state index in [9.17, 15) is 9.59 Å². The lowest BCUT2D eigenvalue weighted by Gasteiger charge is -2.21. The molecule has 1 amide bonds. The molecule has 0 fully saturated rings. The van der Waals surface area contributed by atoms with Gasteiger partial charge in [-0.05, 0) is 12.8 Å². The highest BCUT2D eigenvalue weighted by molar-refractivity contribution is 6.17. The van der Waals surface area contributed by atoms with Crippen LogP contribution in [0.2, 0.25) is 0 Å². The number of aliphatic imine (C=N–C) groups is 1. The Morgan fingerprint density at radius 3 is 2.53 bits per heavy atom. The topological polar surface area (TPSA) is 105 Å². The lowest BCUT2D eigenvalue weighted by atomic mass is 9.89. The molecule has 1 aliphatic heterocycles. The Kier molecular flexibility index (Phi) is 3.05. The van der Waals surface area contributed by atoms with E-state index in [-0.39, 0.29) is 29.0 Å². The summed E-state index contributed by atoms with van der Waals surface area (Å²) in [7, 11) is 0. The fourth-order valence-electron chi connectivity index (χ4n) is 1.72. The number of carbonyl (C=O) groups is 2. The fourth-order valence-corrected chi connectivity index (χ4v) is 1.72. The zero-order chi connectivity index (χ0) is 14.2. The number of nitrogens with one attached hydrogen (secondary N) is 1. The smallest absolute Gasteiger partial charge is 0.356 e. The Labute approximate surface area is 109 Å². The van der Waals surface area contributed by atoms with Crippen LogP contribution in [0, 0.1) is 5.92 Å². The molecule has 0 bridgehead atoms. The van der Waals surface area contributed by atoms with Crippen molar-refractivity contribution < 1.29 is 14.7 Å². The fraction of sp³-hybridized carbons (Fsp3) is 0.417. The van der Waals surface area contributed by atoms with Crippen LogP contribution >= 0.6 is 0 Å². The molecule has 0 aliphatic carbocycles. The van der Waals surface area contributed by atoms with Crippen molar-refractivity contribution in [2.45, 2.75) is 26.3 Å². The Balaban J connectivity index is 2.51. The summed E-state index contributed by atoms with van der Waals surface area (Å²) in [5.41, 5.74) is -1.06. The summed E-state index contributed by atoms with van der Waals surface area (Å²) in [6.07, 6.45) is 2.65. The second kappa shape index (κ2) is 4.42. The maximum absolute atomic E-state index is 12.0. The SMILES string of the molecule is CC(C)C1(C)N=C(c2nccnc2C(=O)O)NC1=O. The number of aromatic carboxylic acids is 1. The van der Waals surface area contributed by atoms with E-state index in [4.69, 9.17) is 5.11 Å². The molecule has 0 saturated carbocycles. The van der Waals surface area contributed by atoms with Gasteiger partial charge in [0, 0.05) is 12.4 Å². The molecule has 2 heterocycles. The predicted molar refractivity (Wildman–Crippen MR) is 66.9 cm³/mol. The molecule has 19 heavy (non-hydrogen) atoms. The Hall–Kier alpha value is -2.31. The van der Waals surface area contributed by atoms with Gasteiger partial charge >= 0.3 is 5.97 Å². The number of carboxylic acids is 1. The van der Waals surface area contributed by atoms with Crippen LogP contribution in [0.3, 0.4) is 0 Å². The van der Waals surface area contributed by atoms with Gasteiger partial charge in [-0.25, -0.2) is 19.8 Å². The lowest BCUT2D eigenvalue weighted by molar-refractivity contribution is -0.124. The standard InChI is InChI=1S/C12H14N4O3/c1-6(2)12(3)11(19)15-9(16-12)7-8(10(17)18)14-5-4-13-7/h4-6H,1-3H3,(H,17,18)(H,15,16,19). The largest absolute Gasteiger partial charge is 0.476 e. The third kappa shape index (κ3) is 2.07. The summed E-state index contributed by atoms with van der Waals surface area (Å²) >= 11 is 0. The van der Waals surface area contributed by atoms with Crippen molar-refractivity contribution in [3.63, 3.8) is 0 Å². The lowest BCUT2D eigenvalue weighted by Crippen LogP contribution is -2.41. The number of amidine groups is 1. The van der Waals surface area contributed by atoms with E-state index in [2.05, 4.69) is 20.3 Å². The highest BCUT2D eigenvalue weighted by Crippen LogP contribution is 2.26. The second-order valence-corrected chi connectivity index (χ2v) is 4.78. The molecule has 7 nitrogen and oxygen atoms in total. The van der Waals surface area contributed by atoms with Crippen molar-refractivity contribution in [3.05, 3.63) is 23.8 Å². The average molecular weight is 262 g/mol. The molecule has 0 saturated heterocycles. The van der Waals surface area contributed by atoms with Gasteiger partial charge in [0.05, 0.1) is 0 Å². The van der Waals surface area contributed by atoms with Crippen molar-refractivity contribution >= 4 is 17.7 Å². The third-order valence-corrected chi connectivity index (χ3v) is 3.29. The van der Waals surface area contributed by atoms with Gasteiger partial charge in [0.2, 0.25) is 0 Å². The molecule has 2 N–H and O–H groups in total. The Morgan fingerprint density at radius 1 is 1.37 bits per heavy atom. The predicted octanol–water partition coefficient (Wildman–Crippen LogP) is 0.466. The Bertz CT molecular complexity index is 582. The van der Waals surface area contributed by atoms with E-state index >= 15 is 0 Å². The molecule has 1 aromatic rings. The molecule has 0 spiro atoms. The number of amides is 1. The first-order valence-corrected chi connectivity index (χ1v) is 5.82. The van der Waals surface area contributed by atoms with Crippen LogP contribution in [0.5, 0.6) is 0 Å². The van der Waals surface area contributed by atoms with Gasteiger partial charge in [0.25, 0.3) is 5.91 Å². The van der Waals surface area contributed by atoms with Gasteiger partial charge in [0.15, 0.2) is 11.5 Å². The van der Waals surface area contributed by atoms with Crippen molar-refractivity contribution in [2.24, 2.45) is 10.9 Å². The van der Waals surface area contributed by atoms with E-state index in [0.29, 0.717) is 0 Å². The maximum Gasteiger partial charge on any atom is 0.356 e. The summed E-state index contributed by atoms with van der Waals surface area (Å²) in [5, 5.41) is 11.6. The van der Waals surface area contributed by atoms with Crippen molar-refractivity contribution in [1.82, 2.24) is 15.3 Å². The van der Waals surface area contributed by atoms with Gasteiger partial charge in [-0.3, -0.25) is 4.79 Å². The number of hydrogen-bond acceptors (Lipinski definition) is 5. The summed E-state index contributed by atoms with van der Waals surface area (Å²) in [4.78, 5) is 35.1. The second-order valence-electron chi connectivity index (χ2n) is 4.78. The Morgan fingerprint density at radius 2 is 2.00 bits per heavy atom. The summed E-state index contributed by atoms with van der Waals surface area (Å²) in [6, 6.07) is 0. The van der Waals surface area contributed by atoms with Gasteiger partial charge < -0.3 is 10.4 Å². The summed E-state index contributed by atoms with van der Waals surface area (Å²) < 4.78 is 0. The van der Waals surface area contributed by atoms with Crippen LogP contribution in [-0.2, 0) is 4.79 Å². The highest BCUT2D eigenvalue weighted by Gasteiger charge is 2.43. The number of aromatic nitrogens is 2. The molecule has 1 aromatic heterocycles. The minimum atomic E-state index is -1.21. The van der Waals surface area contributed by atoms with Crippen LogP contribution in [0.15, 0.2) is 17.4 Å². The third-order valence-electron chi connectivity index (χ3n) is 3.29. The molecule has 1 unspecified atom stereocenters. The minimum Gasteiger partial charge on any atom is -0.476 e. The van der Waals surface area contributed by atoms with Crippen LogP contribution < -0.4 is 5.32 Å². The van der Waals surface area contributed by atoms with E-state index in [1.165, 1.54) is 12.4 Å². The number of carbonyl (C=O) groups excluding carboxylic acids is 1. The number of carboxylic acid groups (broad SMARTS) is 1. The van der Waals surface area contributed by atoms with Crippen LogP contribution in [0.25, 0.3) is 0 Å². The molecular formula is C12H14N4O3. The van der Waals surface area contributed by atoms with E-state index in [0.717, 1.165) is 0 Å². The van der Waals surface area contributed by atoms with E-state index in [1.807, 2.05) is 13.8 Å². The molecule has 1 aliphatic rings. The maximum atomic E-state index is 12.0. The number of rotatable bonds is 3. The van der Waals surface area contributed by atoms with Gasteiger partial charge in [-0.2, -0.15) is 0 Å². The van der Waals surface area contributed by atoms with Gasteiger partial charge in [0.1, 0.15) is 11.2 Å². The molecule has 0 aromatic carbocycles. The van der Waals surface area contributed by atoms with Crippen molar-refractivity contribution in [3.8, 4) is 0 Å². The highest BCUT2D eigenvalue weighted by atomic mass is 16.4. The van der Waals surface area contributed by atoms with E-state index in [1.54, 1.807) is 6.92 Å². The van der Waals surface area contributed by atoms with E-state index < -0.39 is 11.5 Å². The quantitative estimate of drug-likeness (QED) is 0.823. The zero-order valence-corrected chi connectivity index (χ0v) is 10.8. The molecular weight excluding hydrogens is 248 g/mol. The summed E-state index contributed by atoms with van der Waals surface area (Å²) in [6.45, 7) is 5.46. The van der Waals surface area contributed by atoms with Gasteiger partial charge in [-0.1, -0.05) is 13.8 Å². The number of nitrogens with zero attached hydrogens (tertiary/aromatic N) is 3. The van der Waals surface area contributed by atoms with Gasteiger partial charge in [-0.15, -0.1) is 0 Å². The molecule has 1 atom stereocenters. The van der Waals surface area contributed by atoms with Crippen molar-refractivity contribution in [2.75, 3.05) is 0 Å². The van der Waals surface area contributed by atoms with Crippen LogP contribution in [0.1, 0.15) is 37.0 Å². The zero-order valence-electron chi connectivity index (χ0n) is 10.8. The number of hydrogen-bond donors (Lipinski definition) is 2. The summed E-state index contributed by atoms with van der Waals surface area (Å²) in [5.74, 6) is -1.33.